The second-order valence-electron chi connectivity index (χ2n) is 5.60. The van der Waals surface area contributed by atoms with Crippen molar-refractivity contribution in [2.45, 2.75) is 39.2 Å². The van der Waals surface area contributed by atoms with Crippen molar-refractivity contribution in [3.05, 3.63) is 18.1 Å². The highest BCUT2D eigenvalue weighted by Crippen LogP contribution is 2.25. The summed E-state index contributed by atoms with van der Waals surface area (Å²) >= 11 is 0. The average molecular weight is 234 g/mol. The minimum Gasteiger partial charge on any atom is -0.349 e. The molecule has 1 fully saturated rings. The minimum absolute atomic E-state index is 0.112. The first-order valence-corrected chi connectivity index (χ1v) is 6.31. The zero-order valence-corrected chi connectivity index (χ0v) is 11.2. The van der Waals surface area contributed by atoms with Crippen LogP contribution in [-0.2, 0) is 0 Å². The van der Waals surface area contributed by atoms with E-state index in [4.69, 9.17) is 0 Å². The molecule has 1 N–H and O–H groups in total. The smallest absolute Gasteiger partial charge is 0.132 e. The molecule has 0 aliphatic carbocycles. The van der Waals surface area contributed by atoms with Gasteiger partial charge >= 0.3 is 0 Å². The number of hydrogen-bond acceptors (Lipinski definition) is 4. The highest BCUT2D eigenvalue weighted by molar-refractivity contribution is 5.43. The Morgan fingerprint density at radius 1 is 1.35 bits per heavy atom. The van der Waals surface area contributed by atoms with Gasteiger partial charge in [-0.15, -0.1) is 0 Å². The first-order chi connectivity index (χ1) is 8.00. The molecule has 0 unspecified atom stereocenters. The van der Waals surface area contributed by atoms with Crippen molar-refractivity contribution < 1.29 is 0 Å². The normalized spacial score (nSPS) is 19.7. The van der Waals surface area contributed by atoms with Crippen LogP contribution >= 0.6 is 0 Å². The molecule has 0 bridgehead atoms. The Morgan fingerprint density at radius 3 is 2.76 bits per heavy atom. The largest absolute Gasteiger partial charge is 0.349 e. The maximum Gasteiger partial charge on any atom is 0.132 e. The standard InChI is InChI=1S/C13H22N4/c1-10(2)11-7-12(16-9-15-11)17-6-5-14-8-13(17,3)4/h7,9-10,14H,5-6,8H2,1-4H3. The molecule has 17 heavy (non-hydrogen) atoms. The van der Waals surface area contributed by atoms with E-state index >= 15 is 0 Å². The molecule has 0 radical (unpaired) electrons. The molecule has 1 saturated heterocycles. The van der Waals surface area contributed by atoms with Crippen molar-refractivity contribution in [3.63, 3.8) is 0 Å². The van der Waals surface area contributed by atoms with Crippen molar-refractivity contribution in [2.75, 3.05) is 24.5 Å². The fourth-order valence-electron chi connectivity index (χ4n) is 2.23. The lowest BCUT2D eigenvalue weighted by molar-refractivity contribution is 0.377. The van der Waals surface area contributed by atoms with Gasteiger partial charge in [-0.1, -0.05) is 13.8 Å². The first kappa shape index (κ1) is 12.3. The summed E-state index contributed by atoms with van der Waals surface area (Å²) in [4.78, 5) is 11.1. The van der Waals surface area contributed by atoms with E-state index in [1.807, 2.05) is 0 Å². The van der Waals surface area contributed by atoms with E-state index in [1.165, 1.54) is 0 Å². The van der Waals surface area contributed by atoms with Gasteiger partial charge in [0.15, 0.2) is 0 Å². The summed E-state index contributed by atoms with van der Waals surface area (Å²) in [6.07, 6.45) is 1.68. The zero-order chi connectivity index (χ0) is 12.5. The van der Waals surface area contributed by atoms with Crippen molar-refractivity contribution in [3.8, 4) is 0 Å². The third-order valence-corrected chi connectivity index (χ3v) is 3.34. The highest BCUT2D eigenvalue weighted by Gasteiger charge is 2.30. The van der Waals surface area contributed by atoms with Crippen LogP contribution in [0.1, 0.15) is 39.3 Å². The fourth-order valence-corrected chi connectivity index (χ4v) is 2.23. The lowest BCUT2D eigenvalue weighted by Gasteiger charge is -2.43. The van der Waals surface area contributed by atoms with Gasteiger partial charge in [-0.05, 0) is 19.8 Å². The molecule has 1 aromatic rings. The SMILES string of the molecule is CC(C)c1cc(N2CCNCC2(C)C)ncn1. The average Bonchev–Trinajstić information content (AvgIpc) is 2.28. The molecule has 2 rings (SSSR count). The number of piperazine rings is 1. The predicted molar refractivity (Wildman–Crippen MR) is 70.4 cm³/mol. The fraction of sp³-hybridized carbons (Fsp3) is 0.692. The summed E-state index contributed by atoms with van der Waals surface area (Å²) in [5, 5.41) is 3.43. The monoisotopic (exact) mass is 234 g/mol. The zero-order valence-electron chi connectivity index (χ0n) is 11.2. The molecule has 1 aromatic heterocycles. The summed E-state index contributed by atoms with van der Waals surface area (Å²) in [7, 11) is 0. The molecule has 4 heteroatoms. The van der Waals surface area contributed by atoms with Crippen LogP contribution in [0, 0.1) is 0 Å². The van der Waals surface area contributed by atoms with E-state index in [-0.39, 0.29) is 5.54 Å². The van der Waals surface area contributed by atoms with Crippen molar-refractivity contribution >= 4 is 5.82 Å². The predicted octanol–water partition coefficient (Wildman–Crippen LogP) is 1.79. The quantitative estimate of drug-likeness (QED) is 0.847. The molecule has 0 saturated carbocycles. The van der Waals surface area contributed by atoms with E-state index in [2.05, 4.69) is 53.9 Å². The maximum absolute atomic E-state index is 4.43. The third-order valence-electron chi connectivity index (χ3n) is 3.34. The Hall–Kier alpha value is -1.16. The molecule has 2 heterocycles. The number of rotatable bonds is 2. The molecule has 94 valence electrons. The Kier molecular flexibility index (Phi) is 3.33. The van der Waals surface area contributed by atoms with Crippen LogP contribution in [0.5, 0.6) is 0 Å². The van der Waals surface area contributed by atoms with Gasteiger partial charge in [0.25, 0.3) is 0 Å². The van der Waals surface area contributed by atoms with Crippen LogP contribution in [0.3, 0.4) is 0 Å². The maximum atomic E-state index is 4.43. The summed E-state index contributed by atoms with van der Waals surface area (Å²) in [6.45, 7) is 11.8. The Labute approximate surface area is 103 Å². The second-order valence-corrected chi connectivity index (χ2v) is 5.60. The van der Waals surface area contributed by atoms with Crippen LogP contribution < -0.4 is 10.2 Å². The Morgan fingerprint density at radius 2 is 2.12 bits per heavy atom. The van der Waals surface area contributed by atoms with E-state index < -0.39 is 0 Å². The summed E-state index contributed by atoms with van der Waals surface area (Å²) in [5.74, 6) is 1.50. The highest BCUT2D eigenvalue weighted by atomic mass is 15.3. The van der Waals surface area contributed by atoms with E-state index in [1.54, 1.807) is 6.33 Å². The molecular formula is C13H22N4. The Balaban J connectivity index is 2.29. The van der Waals surface area contributed by atoms with Gasteiger partial charge < -0.3 is 10.2 Å². The van der Waals surface area contributed by atoms with Crippen LogP contribution in [0.25, 0.3) is 0 Å². The van der Waals surface area contributed by atoms with Gasteiger partial charge in [0.2, 0.25) is 0 Å². The lowest BCUT2D eigenvalue weighted by atomic mass is 10.00. The van der Waals surface area contributed by atoms with Crippen LogP contribution in [-0.4, -0.2) is 35.1 Å². The van der Waals surface area contributed by atoms with Crippen molar-refractivity contribution in [1.82, 2.24) is 15.3 Å². The summed E-state index contributed by atoms with van der Waals surface area (Å²) < 4.78 is 0. The lowest BCUT2D eigenvalue weighted by Crippen LogP contribution is -2.58. The van der Waals surface area contributed by atoms with Gasteiger partial charge in [0.1, 0.15) is 12.1 Å². The molecule has 1 aliphatic heterocycles. The number of nitrogens with zero attached hydrogens (tertiary/aromatic N) is 3. The van der Waals surface area contributed by atoms with Gasteiger partial charge in [-0.25, -0.2) is 9.97 Å². The molecular weight excluding hydrogens is 212 g/mol. The third kappa shape index (κ3) is 2.57. The molecule has 1 aliphatic rings. The van der Waals surface area contributed by atoms with E-state index in [9.17, 15) is 0 Å². The van der Waals surface area contributed by atoms with Gasteiger partial charge in [-0.3, -0.25) is 0 Å². The van der Waals surface area contributed by atoms with Crippen LogP contribution in [0.15, 0.2) is 12.4 Å². The Bertz CT molecular complexity index is 387. The van der Waals surface area contributed by atoms with Crippen LogP contribution in [0.2, 0.25) is 0 Å². The summed E-state index contributed by atoms with van der Waals surface area (Å²) in [5.41, 5.74) is 1.23. The van der Waals surface area contributed by atoms with Gasteiger partial charge in [0.05, 0.1) is 0 Å². The second kappa shape index (κ2) is 4.61. The number of anilines is 1. The number of hydrogen-bond donors (Lipinski definition) is 1. The summed E-state index contributed by atoms with van der Waals surface area (Å²) in [6, 6.07) is 2.12. The van der Waals surface area contributed by atoms with E-state index in [0.717, 1.165) is 31.1 Å². The molecule has 0 amide bonds. The van der Waals surface area contributed by atoms with Gasteiger partial charge in [-0.2, -0.15) is 0 Å². The minimum atomic E-state index is 0.112. The van der Waals surface area contributed by atoms with Gasteiger partial charge in [0, 0.05) is 36.9 Å². The van der Waals surface area contributed by atoms with Crippen molar-refractivity contribution in [1.29, 1.82) is 0 Å². The first-order valence-electron chi connectivity index (χ1n) is 6.31. The molecule has 4 nitrogen and oxygen atoms in total. The van der Waals surface area contributed by atoms with Crippen LogP contribution in [0.4, 0.5) is 5.82 Å². The molecule has 0 spiro atoms. The van der Waals surface area contributed by atoms with Crippen molar-refractivity contribution in [2.24, 2.45) is 0 Å². The number of aromatic nitrogens is 2. The topological polar surface area (TPSA) is 41.0 Å². The molecule has 0 atom stereocenters. The van der Waals surface area contributed by atoms with E-state index in [0.29, 0.717) is 5.92 Å². The molecule has 0 aromatic carbocycles. The number of nitrogens with one attached hydrogen (secondary N) is 1.